The van der Waals surface area contributed by atoms with Crippen molar-refractivity contribution in [3.63, 3.8) is 0 Å². The van der Waals surface area contributed by atoms with Crippen LogP contribution in [0.25, 0.3) is 0 Å². The molecule has 10 heteroatoms. The number of aromatic nitrogens is 2. The highest BCUT2D eigenvalue weighted by atomic mass is 35.5. The molecule has 2 aliphatic carbocycles. The van der Waals surface area contributed by atoms with Crippen molar-refractivity contribution >= 4 is 47.2 Å². The molecule has 6 rings (SSSR count). The molecule has 3 atom stereocenters. The maximum atomic E-state index is 12.9. The van der Waals surface area contributed by atoms with Gasteiger partial charge in [0, 0.05) is 30.1 Å². The Bertz CT molecular complexity index is 1590. The van der Waals surface area contributed by atoms with Crippen molar-refractivity contribution in [1.82, 2.24) is 14.9 Å². The van der Waals surface area contributed by atoms with Crippen LogP contribution in [0.5, 0.6) is 0 Å². The van der Waals surface area contributed by atoms with Gasteiger partial charge in [0.1, 0.15) is 12.2 Å². The van der Waals surface area contributed by atoms with Gasteiger partial charge >= 0.3 is 0 Å². The minimum Gasteiger partial charge on any atom is -0.338 e. The first-order valence-corrected chi connectivity index (χ1v) is 16.6. The Morgan fingerprint density at radius 2 is 1.77 bits per heavy atom. The van der Waals surface area contributed by atoms with E-state index in [0.717, 1.165) is 44.5 Å². The standard InChI is InChI=1S/C30H31ClN7OP/c1-40(2,39)28-11-18(13-32)3-10-27(28)36-29-26(31)15-34-30(37-29)35-21-7-4-19-5-8-22(9-6-20(19)12-21)38-16-24-23(14-33)25(24)17-38/h3-4,7,10-12,15,22-25H,5-6,8-9,16-17H2,1-2H3,(H2,34,35,36,37)/t22-,23?,24?,25?/m1/s1. The van der Waals surface area contributed by atoms with Crippen LogP contribution >= 0.6 is 18.7 Å². The SMILES string of the molecule is CP(C)(=O)c1cc(C#N)ccc1Nc1nc(Nc2ccc3c(c2)CC[C@H](N2CC4C(C#N)C4C2)CC3)ncc1Cl. The van der Waals surface area contributed by atoms with E-state index in [9.17, 15) is 15.1 Å². The molecule has 3 aromatic rings. The highest BCUT2D eigenvalue weighted by Crippen LogP contribution is 2.52. The summed E-state index contributed by atoms with van der Waals surface area (Å²) in [5.74, 6) is 2.28. The molecule has 0 spiro atoms. The van der Waals surface area contributed by atoms with Crippen LogP contribution in [0, 0.1) is 40.4 Å². The molecule has 204 valence electrons. The largest absolute Gasteiger partial charge is 0.338 e. The first kappa shape index (κ1) is 26.8. The quantitative estimate of drug-likeness (QED) is 0.286. The van der Waals surface area contributed by atoms with Crippen molar-refractivity contribution in [2.24, 2.45) is 17.8 Å². The van der Waals surface area contributed by atoms with Gasteiger partial charge in [0.25, 0.3) is 0 Å². The summed E-state index contributed by atoms with van der Waals surface area (Å²) in [6.07, 6.45) is 5.90. The van der Waals surface area contributed by atoms with Gasteiger partial charge in [0.2, 0.25) is 5.95 Å². The molecule has 0 radical (unpaired) electrons. The van der Waals surface area contributed by atoms with Gasteiger partial charge in [-0.1, -0.05) is 17.7 Å². The van der Waals surface area contributed by atoms with Crippen LogP contribution in [0.3, 0.4) is 0 Å². The molecule has 3 aliphatic rings. The first-order chi connectivity index (χ1) is 19.2. The predicted molar refractivity (Wildman–Crippen MR) is 158 cm³/mol. The lowest BCUT2D eigenvalue weighted by Gasteiger charge is -2.28. The zero-order valence-electron chi connectivity index (χ0n) is 22.6. The van der Waals surface area contributed by atoms with Crippen molar-refractivity contribution < 1.29 is 4.57 Å². The fourth-order valence-electron chi connectivity index (χ4n) is 6.31. The average Bonchev–Trinajstić information content (AvgIpc) is 3.50. The summed E-state index contributed by atoms with van der Waals surface area (Å²) in [4.78, 5) is 11.6. The third kappa shape index (κ3) is 5.32. The summed E-state index contributed by atoms with van der Waals surface area (Å²) in [6, 6.07) is 16.7. The van der Waals surface area contributed by atoms with Crippen molar-refractivity contribution in [2.75, 3.05) is 37.1 Å². The fraction of sp³-hybridized carbons (Fsp3) is 0.400. The number of nitrogens with one attached hydrogen (secondary N) is 2. The molecule has 1 saturated heterocycles. The van der Waals surface area contributed by atoms with E-state index >= 15 is 0 Å². The lowest BCUT2D eigenvalue weighted by Crippen LogP contribution is -2.35. The van der Waals surface area contributed by atoms with Gasteiger partial charge in [-0.15, -0.1) is 0 Å². The van der Waals surface area contributed by atoms with E-state index in [-0.39, 0.29) is 0 Å². The molecule has 2 aromatic carbocycles. The van der Waals surface area contributed by atoms with Crippen LogP contribution in [-0.2, 0) is 17.4 Å². The van der Waals surface area contributed by atoms with Gasteiger partial charge in [-0.25, -0.2) is 4.98 Å². The minimum atomic E-state index is -2.68. The summed E-state index contributed by atoms with van der Waals surface area (Å²) in [5.41, 5.74) is 4.69. The maximum Gasteiger partial charge on any atom is 0.229 e. The number of halogens is 1. The molecule has 2 heterocycles. The van der Waals surface area contributed by atoms with Crippen LogP contribution in [0.1, 0.15) is 29.5 Å². The summed E-state index contributed by atoms with van der Waals surface area (Å²) in [5, 5.41) is 25.9. The third-order valence-corrected chi connectivity index (χ3v) is 10.4. The fourth-order valence-corrected chi connectivity index (χ4v) is 7.61. The van der Waals surface area contributed by atoms with E-state index in [2.05, 4.69) is 55.8 Å². The van der Waals surface area contributed by atoms with Gasteiger partial charge in [-0.3, -0.25) is 4.90 Å². The molecule has 0 amide bonds. The zero-order chi connectivity index (χ0) is 28.0. The van der Waals surface area contributed by atoms with Crippen LogP contribution in [0.4, 0.5) is 23.1 Å². The predicted octanol–water partition coefficient (Wildman–Crippen LogP) is 5.69. The normalized spacial score (nSPS) is 23.7. The zero-order valence-corrected chi connectivity index (χ0v) is 24.2. The van der Waals surface area contributed by atoms with E-state index in [1.54, 1.807) is 31.5 Å². The molecular weight excluding hydrogens is 541 g/mol. The summed E-state index contributed by atoms with van der Waals surface area (Å²) < 4.78 is 12.9. The van der Waals surface area contributed by atoms with Crippen LogP contribution in [0.2, 0.25) is 5.02 Å². The second kappa shape index (κ2) is 10.5. The summed E-state index contributed by atoms with van der Waals surface area (Å²) in [7, 11) is -2.68. The number of rotatable bonds is 6. The molecule has 0 bridgehead atoms. The number of nitriles is 2. The second-order valence-corrected chi connectivity index (χ2v) is 15.1. The van der Waals surface area contributed by atoms with E-state index in [1.165, 1.54) is 17.3 Å². The van der Waals surface area contributed by atoms with Crippen LogP contribution < -0.4 is 15.9 Å². The van der Waals surface area contributed by atoms with Gasteiger partial charge in [0.05, 0.1) is 35.5 Å². The Morgan fingerprint density at radius 1 is 1.02 bits per heavy atom. The third-order valence-electron chi connectivity index (χ3n) is 8.55. The number of anilines is 4. The Morgan fingerprint density at radius 3 is 2.48 bits per heavy atom. The number of benzene rings is 2. The Balaban J connectivity index is 1.16. The highest BCUT2D eigenvalue weighted by Gasteiger charge is 2.56. The number of piperidine rings is 1. The van der Waals surface area contributed by atoms with Gasteiger partial charge in [-0.05, 0) is 92.3 Å². The maximum absolute atomic E-state index is 12.9. The summed E-state index contributed by atoms with van der Waals surface area (Å²) >= 11 is 6.43. The molecule has 8 nitrogen and oxygen atoms in total. The highest BCUT2D eigenvalue weighted by molar-refractivity contribution is 7.70. The molecule has 40 heavy (non-hydrogen) atoms. The lowest BCUT2D eigenvalue weighted by molar-refractivity contribution is 0.195. The molecule has 2 fully saturated rings. The van der Waals surface area contributed by atoms with Crippen molar-refractivity contribution in [3.8, 4) is 12.1 Å². The van der Waals surface area contributed by atoms with Gasteiger partial charge in [0.15, 0.2) is 5.82 Å². The minimum absolute atomic E-state index is 0.296. The Kier molecular flexibility index (Phi) is 7.05. The number of nitrogens with zero attached hydrogens (tertiary/aromatic N) is 5. The molecule has 1 saturated carbocycles. The topological polar surface area (TPSA) is 118 Å². The van der Waals surface area contributed by atoms with E-state index in [1.807, 2.05) is 0 Å². The van der Waals surface area contributed by atoms with Crippen molar-refractivity contribution in [1.29, 1.82) is 10.5 Å². The van der Waals surface area contributed by atoms with Crippen LogP contribution in [-0.4, -0.2) is 47.3 Å². The number of aryl methyl sites for hydroxylation is 2. The number of hydrogen-bond acceptors (Lipinski definition) is 8. The molecule has 2 unspecified atom stereocenters. The van der Waals surface area contributed by atoms with Crippen molar-refractivity contribution in [3.05, 3.63) is 64.3 Å². The monoisotopic (exact) mass is 571 g/mol. The number of hydrogen-bond donors (Lipinski definition) is 2. The average molecular weight is 572 g/mol. The summed E-state index contributed by atoms with van der Waals surface area (Å²) in [6.45, 7) is 5.50. The Labute approximate surface area is 239 Å². The second-order valence-electron chi connectivity index (χ2n) is 11.5. The Hall–Kier alpha value is -3.42. The van der Waals surface area contributed by atoms with E-state index < -0.39 is 7.14 Å². The van der Waals surface area contributed by atoms with E-state index in [4.69, 9.17) is 11.6 Å². The van der Waals surface area contributed by atoms with E-state index in [0.29, 0.717) is 57.1 Å². The molecular formula is C30H31ClN7OP. The van der Waals surface area contributed by atoms with Gasteiger partial charge < -0.3 is 15.2 Å². The number of fused-ring (bicyclic) bond motifs is 2. The van der Waals surface area contributed by atoms with Crippen molar-refractivity contribution in [2.45, 2.75) is 31.7 Å². The van der Waals surface area contributed by atoms with Gasteiger partial charge in [-0.2, -0.15) is 15.5 Å². The first-order valence-electron chi connectivity index (χ1n) is 13.6. The molecule has 1 aromatic heterocycles. The smallest absolute Gasteiger partial charge is 0.229 e. The van der Waals surface area contributed by atoms with Crippen LogP contribution in [0.15, 0.2) is 42.6 Å². The lowest BCUT2D eigenvalue weighted by atomic mass is 10.0. The molecule has 2 N–H and O–H groups in total. The molecule has 1 aliphatic heterocycles. The number of likely N-dealkylation sites (tertiary alicyclic amines) is 1.